The second-order valence-electron chi connectivity index (χ2n) is 12.6. The lowest BCUT2D eigenvalue weighted by Crippen LogP contribution is -2.39. The molecule has 47 heavy (non-hydrogen) atoms. The van der Waals surface area contributed by atoms with E-state index < -0.39 is 17.5 Å². The molecule has 2 aliphatic rings. The van der Waals surface area contributed by atoms with E-state index in [1.165, 1.54) is 30.6 Å². The highest BCUT2D eigenvalue weighted by atomic mass is 19.2. The molecule has 4 aromatic rings. The van der Waals surface area contributed by atoms with E-state index >= 15 is 4.39 Å². The number of ether oxygens (including phenoxy) is 1. The number of benzene rings is 2. The zero-order chi connectivity index (χ0) is 33.3. The molecule has 2 N–H and O–H groups in total. The Hall–Kier alpha value is -4.96. The van der Waals surface area contributed by atoms with E-state index in [0.717, 1.165) is 50.8 Å². The van der Waals surface area contributed by atoms with E-state index in [-0.39, 0.29) is 58.1 Å². The van der Waals surface area contributed by atoms with Gasteiger partial charge >= 0.3 is 0 Å². The number of rotatable bonds is 9. The van der Waals surface area contributed by atoms with Crippen molar-refractivity contribution in [2.45, 2.75) is 51.1 Å². The van der Waals surface area contributed by atoms with Crippen molar-refractivity contribution < 1.29 is 22.7 Å². The number of likely N-dealkylation sites (tertiary alicyclic amines) is 1. The molecule has 0 unspecified atom stereocenters. The SMILES string of the molecule is CN(C)CC1(/C=C(\C#N)C(=O)N2CCC[C@@H]2Cn2nc(-c3ccc(Oc4cccc(F)c4F)cc3F)c3c(N)ncnc32)CCCC1. The standard InChI is InChI=1S/C34H35F3N8O2/c1-43(2)19-34(12-3-4-13-34)16-21(17-38)33(46)44-14-6-7-22(44)18-45-32-28(31(39)40-20-41-32)30(42-45)24-11-10-23(15-26(24)36)47-27-9-5-8-25(35)29(27)37/h5,8-11,15-16,20,22H,3-4,6-7,12-14,18-19H2,1-2H3,(H2,39,40,41)/b21-16+/t22-/m1/s1. The normalized spacial score (nSPS) is 17.9. The summed E-state index contributed by atoms with van der Waals surface area (Å²) in [5.74, 6) is -3.65. The van der Waals surface area contributed by atoms with Crippen LogP contribution in [0, 0.1) is 34.2 Å². The first kappa shape index (κ1) is 32.0. The number of nitrogen functional groups attached to an aromatic ring is 1. The molecule has 3 heterocycles. The number of nitrogens with zero attached hydrogens (tertiary/aromatic N) is 7. The largest absolute Gasteiger partial charge is 0.454 e. The summed E-state index contributed by atoms with van der Waals surface area (Å²) in [6.45, 7) is 1.50. The van der Waals surface area contributed by atoms with Gasteiger partial charge in [0.15, 0.2) is 17.2 Å². The quantitative estimate of drug-likeness (QED) is 0.178. The van der Waals surface area contributed by atoms with Gasteiger partial charge in [-0.1, -0.05) is 25.0 Å². The van der Waals surface area contributed by atoms with Gasteiger partial charge in [0, 0.05) is 30.1 Å². The lowest BCUT2D eigenvalue weighted by molar-refractivity contribution is -0.127. The van der Waals surface area contributed by atoms with Crippen LogP contribution in [0.1, 0.15) is 38.5 Å². The average molecular weight is 645 g/mol. The average Bonchev–Trinajstić information content (AvgIpc) is 3.78. The van der Waals surface area contributed by atoms with Gasteiger partial charge in [-0.2, -0.15) is 14.8 Å². The van der Waals surface area contributed by atoms with Gasteiger partial charge in [0.25, 0.3) is 5.91 Å². The maximum Gasteiger partial charge on any atom is 0.264 e. The number of hydrogen-bond donors (Lipinski definition) is 1. The molecule has 1 amide bonds. The van der Waals surface area contributed by atoms with Gasteiger partial charge in [-0.25, -0.2) is 23.4 Å². The number of carbonyl (C=O) groups is 1. The highest BCUT2D eigenvalue weighted by molar-refractivity contribution is 5.99. The Morgan fingerprint density at radius 3 is 2.66 bits per heavy atom. The van der Waals surface area contributed by atoms with Crippen molar-refractivity contribution >= 4 is 22.8 Å². The van der Waals surface area contributed by atoms with Crippen molar-refractivity contribution in [2.24, 2.45) is 5.41 Å². The molecule has 1 aliphatic carbocycles. The van der Waals surface area contributed by atoms with Crippen molar-refractivity contribution in [3.05, 3.63) is 71.8 Å². The predicted octanol–water partition coefficient (Wildman–Crippen LogP) is 5.85. The van der Waals surface area contributed by atoms with E-state index in [2.05, 4.69) is 20.9 Å². The van der Waals surface area contributed by atoms with Gasteiger partial charge < -0.3 is 20.3 Å². The highest BCUT2D eigenvalue weighted by Gasteiger charge is 2.37. The summed E-state index contributed by atoms with van der Waals surface area (Å²) in [7, 11) is 4.00. The molecule has 1 saturated heterocycles. The fourth-order valence-electron chi connectivity index (χ4n) is 6.94. The molecule has 1 saturated carbocycles. The van der Waals surface area contributed by atoms with Crippen LogP contribution in [-0.2, 0) is 11.3 Å². The molecule has 6 rings (SSSR count). The molecule has 2 fully saturated rings. The Balaban J connectivity index is 1.29. The Bertz CT molecular complexity index is 1890. The third-order valence-corrected chi connectivity index (χ3v) is 8.95. The van der Waals surface area contributed by atoms with E-state index in [0.29, 0.717) is 24.0 Å². The zero-order valence-corrected chi connectivity index (χ0v) is 26.2. The number of hydrogen-bond acceptors (Lipinski definition) is 8. The van der Waals surface area contributed by atoms with Crippen molar-refractivity contribution in [3.63, 3.8) is 0 Å². The Labute approximate surface area is 270 Å². The molecule has 1 aliphatic heterocycles. The molecule has 2 aromatic heterocycles. The van der Waals surface area contributed by atoms with Crippen LogP contribution in [0.15, 0.2) is 54.4 Å². The number of anilines is 1. The number of nitrogens with two attached hydrogens (primary N) is 1. The number of nitriles is 1. The lowest BCUT2D eigenvalue weighted by Gasteiger charge is -2.30. The molecule has 0 spiro atoms. The Morgan fingerprint density at radius 2 is 1.94 bits per heavy atom. The van der Waals surface area contributed by atoms with Crippen LogP contribution in [0.5, 0.6) is 11.5 Å². The first-order valence-corrected chi connectivity index (χ1v) is 15.6. The topological polar surface area (TPSA) is 126 Å². The summed E-state index contributed by atoms with van der Waals surface area (Å²) in [5.41, 5.74) is 6.80. The number of amides is 1. The van der Waals surface area contributed by atoms with Crippen LogP contribution >= 0.6 is 0 Å². The van der Waals surface area contributed by atoms with Crippen LogP contribution in [0.3, 0.4) is 0 Å². The smallest absolute Gasteiger partial charge is 0.264 e. The number of halogens is 3. The number of carbonyl (C=O) groups excluding carboxylic acids is 1. The molecule has 1 atom stereocenters. The van der Waals surface area contributed by atoms with Gasteiger partial charge in [0.1, 0.15) is 41.0 Å². The first-order valence-electron chi connectivity index (χ1n) is 15.6. The third kappa shape index (κ3) is 6.38. The molecule has 13 heteroatoms. The third-order valence-electron chi connectivity index (χ3n) is 8.95. The monoisotopic (exact) mass is 644 g/mol. The number of aromatic nitrogens is 4. The molecular formula is C34H35F3N8O2. The molecule has 244 valence electrons. The van der Waals surface area contributed by atoms with Crippen molar-refractivity contribution in [1.29, 1.82) is 5.26 Å². The van der Waals surface area contributed by atoms with Crippen LogP contribution in [-0.4, -0.2) is 68.7 Å². The van der Waals surface area contributed by atoms with Crippen LogP contribution in [0.4, 0.5) is 19.0 Å². The van der Waals surface area contributed by atoms with Crippen LogP contribution in [0.25, 0.3) is 22.3 Å². The van der Waals surface area contributed by atoms with Gasteiger partial charge in [0.2, 0.25) is 5.82 Å². The minimum Gasteiger partial charge on any atom is -0.454 e. The molecule has 0 radical (unpaired) electrons. The Kier molecular flexibility index (Phi) is 8.88. The molecule has 0 bridgehead atoms. The second-order valence-corrected chi connectivity index (χ2v) is 12.6. The molecule has 2 aromatic carbocycles. The van der Waals surface area contributed by atoms with Crippen molar-refractivity contribution in [1.82, 2.24) is 29.5 Å². The minimum atomic E-state index is -1.19. The van der Waals surface area contributed by atoms with E-state index in [1.807, 2.05) is 20.2 Å². The second kappa shape index (κ2) is 13.0. The Morgan fingerprint density at radius 1 is 1.15 bits per heavy atom. The van der Waals surface area contributed by atoms with Gasteiger partial charge in [-0.05, 0) is 64.0 Å². The van der Waals surface area contributed by atoms with Gasteiger partial charge in [-0.3, -0.25) is 4.79 Å². The molecule has 10 nitrogen and oxygen atoms in total. The van der Waals surface area contributed by atoms with E-state index in [1.54, 1.807) is 9.58 Å². The minimum absolute atomic E-state index is 0.0462. The predicted molar refractivity (Wildman–Crippen MR) is 169 cm³/mol. The fraction of sp³-hybridized carbons (Fsp3) is 0.382. The summed E-state index contributed by atoms with van der Waals surface area (Å²) in [6.07, 6.45) is 8.61. The fourth-order valence-corrected chi connectivity index (χ4v) is 6.94. The maximum atomic E-state index is 15.6. The van der Waals surface area contributed by atoms with E-state index in [4.69, 9.17) is 15.6 Å². The highest BCUT2D eigenvalue weighted by Crippen LogP contribution is 2.41. The van der Waals surface area contributed by atoms with Crippen LogP contribution < -0.4 is 10.5 Å². The summed E-state index contributed by atoms with van der Waals surface area (Å²) >= 11 is 0. The molecular weight excluding hydrogens is 609 g/mol. The number of fused-ring (bicyclic) bond motifs is 1. The lowest BCUT2D eigenvalue weighted by atomic mass is 9.83. The van der Waals surface area contributed by atoms with Crippen LogP contribution in [0.2, 0.25) is 0 Å². The maximum absolute atomic E-state index is 15.6. The summed E-state index contributed by atoms with van der Waals surface area (Å²) in [4.78, 5) is 26.1. The first-order chi connectivity index (χ1) is 22.6. The zero-order valence-electron chi connectivity index (χ0n) is 26.2. The van der Waals surface area contributed by atoms with Gasteiger partial charge in [0.05, 0.1) is 18.0 Å². The summed E-state index contributed by atoms with van der Waals surface area (Å²) < 4.78 is 50.4. The summed E-state index contributed by atoms with van der Waals surface area (Å²) in [6, 6.07) is 9.23. The van der Waals surface area contributed by atoms with Crippen molar-refractivity contribution in [2.75, 3.05) is 32.9 Å². The van der Waals surface area contributed by atoms with E-state index in [9.17, 15) is 18.8 Å². The summed E-state index contributed by atoms with van der Waals surface area (Å²) in [5, 5.41) is 15.1. The van der Waals surface area contributed by atoms with Crippen molar-refractivity contribution in [3.8, 4) is 28.8 Å². The van der Waals surface area contributed by atoms with Gasteiger partial charge in [-0.15, -0.1) is 0 Å².